The molecule has 0 spiro atoms. The molecule has 0 amide bonds. The standard InChI is InChI=1S/C13H21N7O.CH2O2/c1-19-12-10(8-15-19)11(14)17-13(18-12)16-9-2-4-20(5-3-9)6-7-21;2-1-3/h8-9,21H,2-7H2,1H3,(H3,14,16,17,18);1H,(H,2,3). The second kappa shape index (κ2) is 8.41. The van der Waals surface area contributed by atoms with Crippen molar-refractivity contribution in [3.63, 3.8) is 0 Å². The highest BCUT2D eigenvalue weighted by atomic mass is 16.3. The molecule has 0 radical (unpaired) electrons. The summed E-state index contributed by atoms with van der Waals surface area (Å²) in [6, 6.07) is 0.338. The smallest absolute Gasteiger partial charge is 0.290 e. The van der Waals surface area contributed by atoms with E-state index in [-0.39, 0.29) is 13.1 Å². The summed E-state index contributed by atoms with van der Waals surface area (Å²) in [5.74, 6) is 1.01. The zero-order chi connectivity index (χ0) is 17.5. The third kappa shape index (κ3) is 4.30. The molecule has 1 fully saturated rings. The number of hydrogen-bond donors (Lipinski definition) is 4. The van der Waals surface area contributed by atoms with Crippen LogP contribution in [0.4, 0.5) is 11.8 Å². The molecule has 1 aliphatic rings. The molecule has 0 aromatic carbocycles. The highest BCUT2D eigenvalue weighted by molar-refractivity contribution is 5.86. The third-order valence-corrected chi connectivity index (χ3v) is 3.96. The van der Waals surface area contributed by atoms with Crippen LogP contribution in [0.3, 0.4) is 0 Å². The van der Waals surface area contributed by atoms with Gasteiger partial charge >= 0.3 is 0 Å². The van der Waals surface area contributed by atoms with Crippen LogP contribution in [0, 0.1) is 0 Å². The highest BCUT2D eigenvalue weighted by Crippen LogP contribution is 2.20. The predicted octanol–water partition coefficient (Wildman–Crippen LogP) is -0.485. The van der Waals surface area contributed by atoms with Crippen LogP contribution in [0.2, 0.25) is 0 Å². The summed E-state index contributed by atoms with van der Waals surface area (Å²) in [4.78, 5) is 19.4. The number of aryl methyl sites for hydroxylation is 1. The molecule has 5 N–H and O–H groups in total. The number of hydrogen-bond acceptors (Lipinski definition) is 8. The van der Waals surface area contributed by atoms with Crippen molar-refractivity contribution in [3.05, 3.63) is 6.20 Å². The van der Waals surface area contributed by atoms with E-state index in [0.29, 0.717) is 17.8 Å². The molecule has 10 nitrogen and oxygen atoms in total. The lowest BCUT2D eigenvalue weighted by molar-refractivity contribution is -0.122. The molecule has 1 saturated heterocycles. The number of nitrogen functional groups attached to an aromatic ring is 1. The molecule has 3 heterocycles. The summed E-state index contributed by atoms with van der Waals surface area (Å²) in [7, 11) is 1.84. The number of fused-ring (bicyclic) bond motifs is 1. The second-order valence-corrected chi connectivity index (χ2v) is 5.53. The first-order valence-corrected chi connectivity index (χ1v) is 7.71. The van der Waals surface area contributed by atoms with Gasteiger partial charge in [-0.3, -0.25) is 9.48 Å². The highest BCUT2D eigenvalue weighted by Gasteiger charge is 2.20. The lowest BCUT2D eigenvalue weighted by atomic mass is 10.1. The maximum Gasteiger partial charge on any atom is 0.290 e. The van der Waals surface area contributed by atoms with E-state index >= 15 is 0 Å². The topological polar surface area (TPSA) is 142 Å². The average molecular weight is 337 g/mol. The van der Waals surface area contributed by atoms with E-state index < -0.39 is 0 Å². The molecule has 3 rings (SSSR count). The van der Waals surface area contributed by atoms with E-state index in [0.717, 1.165) is 43.5 Å². The van der Waals surface area contributed by atoms with E-state index in [2.05, 4.69) is 25.3 Å². The minimum Gasteiger partial charge on any atom is -0.483 e. The van der Waals surface area contributed by atoms with Gasteiger partial charge in [0.1, 0.15) is 5.82 Å². The second-order valence-electron chi connectivity index (χ2n) is 5.53. The number of aliphatic hydroxyl groups is 1. The molecular weight excluding hydrogens is 314 g/mol. The summed E-state index contributed by atoms with van der Waals surface area (Å²) in [6.07, 6.45) is 3.70. The first-order chi connectivity index (χ1) is 11.6. The Morgan fingerprint density at radius 1 is 1.42 bits per heavy atom. The lowest BCUT2D eigenvalue weighted by Crippen LogP contribution is -2.40. The fourth-order valence-electron chi connectivity index (χ4n) is 2.73. The quantitative estimate of drug-likeness (QED) is 0.544. The van der Waals surface area contributed by atoms with Gasteiger partial charge in [-0.05, 0) is 12.8 Å². The van der Waals surface area contributed by atoms with Crippen LogP contribution in [0.1, 0.15) is 12.8 Å². The van der Waals surface area contributed by atoms with Crippen molar-refractivity contribution in [2.75, 3.05) is 37.3 Å². The Bertz CT molecular complexity index is 668. The fourth-order valence-corrected chi connectivity index (χ4v) is 2.73. The molecular formula is C14H23N7O3. The molecule has 132 valence electrons. The number of β-amino-alcohol motifs (C(OH)–C–C–N with tert-alkyl or cyclic N) is 1. The predicted molar refractivity (Wildman–Crippen MR) is 89.6 cm³/mol. The number of carbonyl (C=O) groups is 1. The normalized spacial score (nSPS) is 15.8. The van der Waals surface area contributed by atoms with Gasteiger partial charge in [0.25, 0.3) is 6.47 Å². The van der Waals surface area contributed by atoms with Crippen molar-refractivity contribution in [2.24, 2.45) is 7.05 Å². The van der Waals surface area contributed by atoms with Crippen LogP contribution in [-0.4, -0.2) is 73.6 Å². The van der Waals surface area contributed by atoms with E-state index in [1.807, 2.05) is 7.05 Å². The molecule has 0 unspecified atom stereocenters. The monoisotopic (exact) mass is 337 g/mol. The Morgan fingerprint density at radius 3 is 2.71 bits per heavy atom. The number of carboxylic acid groups (broad SMARTS) is 1. The number of aliphatic hydroxyl groups excluding tert-OH is 1. The first-order valence-electron chi connectivity index (χ1n) is 7.71. The van der Waals surface area contributed by atoms with Crippen molar-refractivity contribution in [3.8, 4) is 0 Å². The zero-order valence-corrected chi connectivity index (χ0v) is 13.6. The van der Waals surface area contributed by atoms with Gasteiger partial charge in [0.15, 0.2) is 5.65 Å². The van der Waals surface area contributed by atoms with Gasteiger partial charge in [0.05, 0.1) is 18.2 Å². The van der Waals surface area contributed by atoms with Crippen LogP contribution in [0.5, 0.6) is 0 Å². The van der Waals surface area contributed by atoms with Crippen LogP contribution >= 0.6 is 0 Å². The van der Waals surface area contributed by atoms with Crippen LogP contribution < -0.4 is 11.1 Å². The Kier molecular flexibility index (Phi) is 6.27. The zero-order valence-electron chi connectivity index (χ0n) is 13.6. The maximum absolute atomic E-state index is 8.96. The molecule has 0 aliphatic carbocycles. The van der Waals surface area contributed by atoms with E-state index in [4.69, 9.17) is 20.7 Å². The van der Waals surface area contributed by atoms with Crippen LogP contribution in [0.15, 0.2) is 6.20 Å². The van der Waals surface area contributed by atoms with Gasteiger partial charge in [0.2, 0.25) is 5.95 Å². The number of nitrogens with two attached hydrogens (primary N) is 1. The van der Waals surface area contributed by atoms with Gasteiger partial charge in [-0.25, -0.2) is 0 Å². The number of anilines is 2. The van der Waals surface area contributed by atoms with Crippen molar-refractivity contribution >= 4 is 29.3 Å². The Labute approximate surface area is 139 Å². The van der Waals surface area contributed by atoms with Crippen molar-refractivity contribution in [1.82, 2.24) is 24.6 Å². The summed E-state index contributed by atoms with van der Waals surface area (Å²) >= 11 is 0. The average Bonchev–Trinajstić information content (AvgIpc) is 2.92. The van der Waals surface area contributed by atoms with E-state index in [1.165, 1.54) is 0 Å². The molecule has 24 heavy (non-hydrogen) atoms. The fraction of sp³-hybridized carbons (Fsp3) is 0.571. The summed E-state index contributed by atoms with van der Waals surface area (Å²) in [5.41, 5.74) is 6.70. The van der Waals surface area contributed by atoms with Crippen molar-refractivity contribution in [2.45, 2.75) is 18.9 Å². The van der Waals surface area contributed by atoms with Gasteiger partial charge in [-0.2, -0.15) is 15.1 Å². The SMILES string of the molecule is Cn1ncc2c(N)nc(NC3CCN(CCO)CC3)nc21.O=CO. The number of rotatable bonds is 4. The Balaban J connectivity index is 0.000000647. The number of nitrogens with zero attached hydrogens (tertiary/aromatic N) is 5. The van der Waals surface area contributed by atoms with Crippen LogP contribution in [-0.2, 0) is 11.8 Å². The van der Waals surface area contributed by atoms with Crippen LogP contribution in [0.25, 0.3) is 11.0 Å². The molecule has 2 aromatic rings. The third-order valence-electron chi connectivity index (χ3n) is 3.96. The summed E-state index contributed by atoms with van der Waals surface area (Å²) < 4.78 is 1.70. The van der Waals surface area contributed by atoms with Crippen molar-refractivity contribution < 1.29 is 15.0 Å². The maximum atomic E-state index is 8.96. The Hall–Kier alpha value is -2.46. The number of nitrogens with one attached hydrogen (secondary N) is 1. The molecule has 10 heteroatoms. The Morgan fingerprint density at radius 2 is 2.08 bits per heavy atom. The molecule has 0 bridgehead atoms. The molecule has 1 aliphatic heterocycles. The van der Waals surface area contributed by atoms with Gasteiger partial charge in [-0.15, -0.1) is 0 Å². The molecule has 0 atom stereocenters. The first kappa shape index (κ1) is 17.9. The van der Waals surface area contributed by atoms with E-state index in [1.54, 1.807) is 10.9 Å². The van der Waals surface area contributed by atoms with Gasteiger partial charge in [0, 0.05) is 32.7 Å². The lowest BCUT2D eigenvalue weighted by Gasteiger charge is -2.31. The van der Waals surface area contributed by atoms with Crippen molar-refractivity contribution in [1.29, 1.82) is 0 Å². The molecule has 2 aromatic heterocycles. The summed E-state index contributed by atoms with van der Waals surface area (Å²) in [6.45, 7) is 2.66. The number of likely N-dealkylation sites (tertiary alicyclic amines) is 1. The minimum atomic E-state index is -0.250. The van der Waals surface area contributed by atoms with E-state index in [9.17, 15) is 0 Å². The minimum absolute atomic E-state index is 0.217. The number of aromatic nitrogens is 4. The number of piperidine rings is 1. The van der Waals surface area contributed by atoms with Gasteiger partial charge in [-0.1, -0.05) is 0 Å². The summed E-state index contributed by atoms with van der Waals surface area (Å²) in [5, 5.41) is 24.1. The molecule has 0 saturated carbocycles. The van der Waals surface area contributed by atoms with Gasteiger partial charge < -0.3 is 26.2 Å². The largest absolute Gasteiger partial charge is 0.483 e.